The maximum Gasteiger partial charge on any atom is 0.244 e. The first-order chi connectivity index (χ1) is 18.5. The molecule has 0 aliphatic rings. The molecule has 208 valence electrons. The summed E-state index contributed by atoms with van der Waals surface area (Å²) < 4.78 is 26.7. The fourth-order valence-corrected chi connectivity index (χ4v) is 5.27. The molecule has 3 rings (SSSR count). The maximum atomic E-state index is 14.0. The van der Waals surface area contributed by atoms with Crippen LogP contribution in [0.1, 0.15) is 37.0 Å². The second-order valence-electron chi connectivity index (χ2n) is 9.78. The van der Waals surface area contributed by atoms with Crippen LogP contribution in [0.4, 0.5) is 5.69 Å². The van der Waals surface area contributed by atoms with Crippen molar-refractivity contribution in [2.75, 3.05) is 17.1 Å². The van der Waals surface area contributed by atoms with Crippen molar-refractivity contribution in [2.45, 2.75) is 52.2 Å². The predicted molar refractivity (Wildman–Crippen MR) is 157 cm³/mol. The summed E-state index contributed by atoms with van der Waals surface area (Å²) in [6, 6.07) is 22.6. The average Bonchev–Trinajstić information content (AvgIpc) is 2.89. The molecule has 0 unspecified atom stereocenters. The van der Waals surface area contributed by atoms with Crippen LogP contribution in [0.3, 0.4) is 0 Å². The van der Waals surface area contributed by atoms with E-state index in [-0.39, 0.29) is 30.6 Å². The Hall–Kier alpha value is -3.36. The van der Waals surface area contributed by atoms with Gasteiger partial charge in [-0.1, -0.05) is 84.8 Å². The lowest BCUT2D eigenvalue weighted by Gasteiger charge is -2.34. The Morgan fingerprint density at radius 1 is 0.949 bits per heavy atom. The number of hydrogen-bond donors (Lipinski definition) is 1. The molecule has 3 aromatic carbocycles. The van der Waals surface area contributed by atoms with Gasteiger partial charge in [-0.25, -0.2) is 8.42 Å². The lowest BCUT2D eigenvalue weighted by molar-refractivity contribution is -0.140. The first-order valence-electron chi connectivity index (χ1n) is 12.9. The first-order valence-corrected chi connectivity index (χ1v) is 15.1. The average molecular weight is 570 g/mol. The van der Waals surface area contributed by atoms with Crippen molar-refractivity contribution in [1.29, 1.82) is 0 Å². The molecule has 2 amide bonds. The van der Waals surface area contributed by atoms with Gasteiger partial charge >= 0.3 is 0 Å². The molecule has 0 radical (unpaired) electrons. The molecule has 9 heteroatoms. The van der Waals surface area contributed by atoms with Crippen molar-refractivity contribution in [2.24, 2.45) is 0 Å². The van der Waals surface area contributed by atoms with Crippen LogP contribution >= 0.6 is 11.6 Å². The van der Waals surface area contributed by atoms with Crippen LogP contribution in [-0.4, -0.2) is 50.0 Å². The highest BCUT2D eigenvalue weighted by molar-refractivity contribution is 7.92. The van der Waals surface area contributed by atoms with E-state index >= 15 is 0 Å². The summed E-state index contributed by atoms with van der Waals surface area (Å²) in [7, 11) is -3.84. The quantitative estimate of drug-likeness (QED) is 0.334. The highest BCUT2D eigenvalue weighted by Gasteiger charge is 2.33. The molecule has 0 spiro atoms. The third-order valence-electron chi connectivity index (χ3n) is 6.48. The predicted octanol–water partition coefficient (Wildman–Crippen LogP) is 4.97. The minimum atomic E-state index is -3.84. The van der Waals surface area contributed by atoms with Crippen LogP contribution in [0.15, 0.2) is 78.9 Å². The number of rotatable bonds is 12. The van der Waals surface area contributed by atoms with E-state index < -0.39 is 28.5 Å². The van der Waals surface area contributed by atoms with E-state index in [1.807, 2.05) is 75.4 Å². The zero-order valence-corrected chi connectivity index (χ0v) is 24.4. The maximum absolute atomic E-state index is 14.0. The lowest BCUT2D eigenvalue weighted by Crippen LogP contribution is -2.54. The van der Waals surface area contributed by atoms with E-state index in [1.54, 1.807) is 18.2 Å². The molecular weight excluding hydrogens is 534 g/mol. The zero-order chi connectivity index (χ0) is 28.6. The van der Waals surface area contributed by atoms with Gasteiger partial charge in [0, 0.05) is 24.0 Å². The van der Waals surface area contributed by atoms with Gasteiger partial charge in [-0.15, -0.1) is 0 Å². The number of halogens is 1. The van der Waals surface area contributed by atoms with Crippen LogP contribution in [0.2, 0.25) is 5.02 Å². The Morgan fingerprint density at radius 3 is 2.23 bits per heavy atom. The lowest BCUT2D eigenvalue weighted by atomic mass is 10.0. The van der Waals surface area contributed by atoms with Gasteiger partial charge in [0.1, 0.15) is 12.6 Å². The molecule has 0 aliphatic heterocycles. The number of aryl methyl sites for hydroxylation is 1. The molecule has 39 heavy (non-hydrogen) atoms. The van der Waals surface area contributed by atoms with Gasteiger partial charge in [-0.2, -0.15) is 0 Å². The molecular formula is C30H36ClN3O4S. The standard InChI is InChI=1S/C30H36ClN3O4S/c1-5-23(3)32-30(36)28(18-24-12-7-6-8-13-24)33(20-25-14-9-11-22(2)17-25)29(35)21-34(39(4,37)38)27-16-10-15-26(31)19-27/h6-17,19,23,28H,5,18,20-21H2,1-4H3,(H,32,36)/t23-,28+/m1/s1. The molecule has 2 atom stereocenters. The minimum Gasteiger partial charge on any atom is -0.352 e. The smallest absolute Gasteiger partial charge is 0.244 e. The number of carbonyl (C=O) groups is 2. The van der Waals surface area contributed by atoms with Crippen molar-refractivity contribution in [3.05, 3.63) is 101 Å². The monoisotopic (exact) mass is 569 g/mol. The molecule has 0 aliphatic carbocycles. The van der Waals surface area contributed by atoms with Crippen LogP contribution in [-0.2, 0) is 32.6 Å². The number of sulfonamides is 1. The van der Waals surface area contributed by atoms with E-state index in [1.165, 1.54) is 11.0 Å². The summed E-state index contributed by atoms with van der Waals surface area (Å²) in [6.07, 6.45) is 2.05. The van der Waals surface area contributed by atoms with Crippen molar-refractivity contribution >= 4 is 39.1 Å². The van der Waals surface area contributed by atoms with Crippen molar-refractivity contribution in [3.8, 4) is 0 Å². The fraction of sp³-hybridized carbons (Fsp3) is 0.333. The molecule has 7 nitrogen and oxygen atoms in total. The molecule has 0 heterocycles. The summed E-state index contributed by atoms with van der Waals surface area (Å²) in [5.74, 6) is -0.787. The van der Waals surface area contributed by atoms with Crippen molar-refractivity contribution in [3.63, 3.8) is 0 Å². The van der Waals surface area contributed by atoms with E-state index in [4.69, 9.17) is 11.6 Å². The van der Waals surface area contributed by atoms with E-state index in [2.05, 4.69) is 5.32 Å². The number of anilines is 1. The number of benzene rings is 3. The molecule has 0 fully saturated rings. The number of carbonyl (C=O) groups excluding carboxylic acids is 2. The summed E-state index contributed by atoms with van der Waals surface area (Å²) in [4.78, 5) is 29.2. The van der Waals surface area contributed by atoms with Gasteiger partial charge in [0.05, 0.1) is 11.9 Å². The molecule has 0 saturated carbocycles. The molecule has 1 N–H and O–H groups in total. The number of amides is 2. The SMILES string of the molecule is CC[C@@H](C)NC(=O)[C@H](Cc1ccccc1)N(Cc1cccc(C)c1)C(=O)CN(c1cccc(Cl)c1)S(C)(=O)=O. The summed E-state index contributed by atoms with van der Waals surface area (Å²) in [5.41, 5.74) is 3.02. The van der Waals surface area contributed by atoms with Crippen LogP contribution in [0.25, 0.3) is 0 Å². The van der Waals surface area contributed by atoms with E-state index in [0.29, 0.717) is 5.02 Å². The fourth-order valence-electron chi connectivity index (χ4n) is 4.25. The number of hydrogen-bond acceptors (Lipinski definition) is 4. The van der Waals surface area contributed by atoms with Gasteiger partial charge in [0.2, 0.25) is 21.8 Å². The summed E-state index contributed by atoms with van der Waals surface area (Å²) in [6.45, 7) is 5.50. The Morgan fingerprint density at radius 2 is 1.62 bits per heavy atom. The van der Waals surface area contributed by atoms with E-state index in [0.717, 1.165) is 33.7 Å². The summed E-state index contributed by atoms with van der Waals surface area (Å²) in [5, 5.41) is 3.37. The molecule has 0 aromatic heterocycles. The Balaban J connectivity index is 2.06. The molecule has 3 aromatic rings. The topological polar surface area (TPSA) is 86.8 Å². The second kappa shape index (κ2) is 13.6. The largest absolute Gasteiger partial charge is 0.352 e. The van der Waals surface area contributed by atoms with Crippen molar-refractivity contribution < 1.29 is 18.0 Å². The van der Waals surface area contributed by atoms with Gasteiger partial charge in [0.15, 0.2) is 0 Å². The highest BCUT2D eigenvalue weighted by Crippen LogP contribution is 2.23. The first kappa shape index (κ1) is 30.2. The zero-order valence-electron chi connectivity index (χ0n) is 22.8. The molecule has 0 bridgehead atoms. The summed E-state index contributed by atoms with van der Waals surface area (Å²) >= 11 is 6.13. The highest BCUT2D eigenvalue weighted by atomic mass is 35.5. The minimum absolute atomic E-state index is 0.0920. The van der Waals surface area contributed by atoms with Crippen LogP contribution in [0, 0.1) is 6.92 Å². The Labute approximate surface area is 236 Å². The number of nitrogens with one attached hydrogen (secondary N) is 1. The van der Waals surface area contributed by atoms with E-state index in [9.17, 15) is 18.0 Å². The van der Waals surface area contributed by atoms with Gasteiger partial charge in [-0.05, 0) is 49.6 Å². The normalized spacial score (nSPS) is 12.8. The second-order valence-corrected chi connectivity index (χ2v) is 12.1. The van der Waals surface area contributed by atoms with Gasteiger partial charge in [0.25, 0.3) is 0 Å². The van der Waals surface area contributed by atoms with Crippen LogP contribution < -0.4 is 9.62 Å². The molecule has 0 saturated heterocycles. The van der Waals surface area contributed by atoms with Crippen LogP contribution in [0.5, 0.6) is 0 Å². The number of nitrogens with zero attached hydrogens (tertiary/aromatic N) is 2. The van der Waals surface area contributed by atoms with Gasteiger partial charge < -0.3 is 10.2 Å². The Kier molecular flexibility index (Phi) is 10.5. The Bertz CT molecular complexity index is 1380. The van der Waals surface area contributed by atoms with Crippen molar-refractivity contribution in [1.82, 2.24) is 10.2 Å². The third-order valence-corrected chi connectivity index (χ3v) is 7.86. The van der Waals surface area contributed by atoms with Gasteiger partial charge in [-0.3, -0.25) is 13.9 Å². The third kappa shape index (κ3) is 8.83.